The molecule has 0 heterocycles. The number of aliphatic hydroxyl groups is 13. The van der Waals surface area contributed by atoms with Crippen LogP contribution in [0.5, 0.6) is 0 Å². The standard InChI is InChI=1S/C63H101N3O20S/c1-43(26-19-15-11-10-12-16-20-27-44(2)62(81)82)60(79)46(4)55(75)33-21-17-13-8-6-5-7-9-14-18-22-34-59(86-87(83,84)85)45(3)56(76)41-53(73)38-49(69)30-23-28-47(67)36-52(72)37-48(68)29-24-31-50(70)39-54(74)42-58(78)61(80)57(77)40-51(71)32-25-35-66-63(64)65/h5-10,12-14,16-24,26-27,29-30,33,43,45-55,57-61,67-75,77-80H,11,15,25,28,31-32,34-42H2,1-4H3,(H,81,82)(H4,64,65,66)(H,83,84,85). The summed E-state index contributed by atoms with van der Waals surface area (Å²) in [7, 11) is -4.97. The zero-order valence-electron chi connectivity index (χ0n) is 50.5. The molecule has 0 aliphatic heterocycles. The Morgan fingerprint density at radius 3 is 1.55 bits per heavy atom. The molecule has 23 nitrogen and oxygen atoms in total. The minimum absolute atomic E-state index is 0.0267. The molecule has 0 fully saturated rings. The number of carbonyl (C=O) groups excluding carboxylic acids is 1. The molecule has 0 aromatic carbocycles. The van der Waals surface area contributed by atoms with Gasteiger partial charge < -0.3 is 83.0 Å². The highest BCUT2D eigenvalue weighted by atomic mass is 32.3. The number of hydrogen-bond donors (Lipinski definition) is 17. The zero-order chi connectivity index (χ0) is 65.9. The summed E-state index contributed by atoms with van der Waals surface area (Å²) < 4.78 is 37.4. The van der Waals surface area contributed by atoms with Gasteiger partial charge in [0.15, 0.2) is 5.96 Å². The van der Waals surface area contributed by atoms with Crippen molar-refractivity contribution in [2.75, 3.05) is 6.54 Å². The number of aliphatic carboxylic acids is 1. The highest BCUT2D eigenvalue weighted by molar-refractivity contribution is 7.80. The summed E-state index contributed by atoms with van der Waals surface area (Å²) in [6.45, 7) is 6.80. The van der Waals surface area contributed by atoms with Gasteiger partial charge in [0.1, 0.15) is 11.9 Å². The number of carboxylic acids is 1. The highest BCUT2D eigenvalue weighted by Gasteiger charge is 2.31. The van der Waals surface area contributed by atoms with Crippen LogP contribution in [0.2, 0.25) is 0 Å². The number of aliphatic hydroxyl groups excluding tert-OH is 13. The molecular weight excluding hydrogens is 1150 g/mol. The number of carboxylic acid groups (broad SMARTS) is 1. The van der Waals surface area contributed by atoms with E-state index >= 15 is 0 Å². The molecule has 17 atom stereocenters. The van der Waals surface area contributed by atoms with Gasteiger partial charge in [0, 0.05) is 62.0 Å². The van der Waals surface area contributed by atoms with E-state index in [0.29, 0.717) is 6.42 Å². The van der Waals surface area contributed by atoms with Crippen molar-refractivity contribution in [2.45, 2.75) is 203 Å². The van der Waals surface area contributed by atoms with Gasteiger partial charge in [0.25, 0.3) is 0 Å². The quantitative estimate of drug-likeness (QED) is 0.00791. The Labute approximate surface area is 513 Å². The van der Waals surface area contributed by atoms with Crippen LogP contribution in [0.1, 0.15) is 118 Å². The van der Waals surface area contributed by atoms with E-state index in [1.54, 1.807) is 85.9 Å². The number of rotatable bonds is 48. The average molecular weight is 1250 g/mol. The number of nitrogens with two attached hydrogens (primary N) is 2. The lowest BCUT2D eigenvalue weighted by Gasteiger charge is -2.26. The smallest absolute Gasteiger partial charge is 0.397 e. The molecule has 0 aromatic heterocycles. The molecular formula is C63H101N3O20S. The molecule has 17 unspecified atom stereocenters. The van der Waals surface area contributed by atoms with Gasteiger partial charge in [-0.05, 0) is 64.7 Å². The van der Waals surface area contributed by atoms with Crippen molar-refractivity contribution in [3.8, 4) is 0 Å². The minimum atomic E-state index is -4.97. The monoisotopic (exact) mass is 1250 g/mol. The second kappa shape index (κ2) is 47.6. The number of carbonyl (C=O) groups is 2. The Bertz CT molecular complexity index is 2430. The third kappa shape index (κ3) is 43.9. The van der Waals surface area contributed by atoms with Crippen LogP contribution in [0.15, 0.2) is 150 Å². The molecule has 0 aromatic rings. The van der Waals surface area contributed by atoms with Crippen molar-refractivity contribution in [3.05, 3.63) is 145 Å². The summed E-state index contributed by atoms with van der Waals surface area (Å²) in [5, 5.41) is 144. The summed E-state index contributed by atoms with van der Waals surface area (Å²) in [5.41, 5.74) is 10.7. The van der Waals surface area contributed by atoms with Gasteiger partial charge in [-0.15, -0.1) is 0 Å². The Morgan fingerprint density at radius 1 is 0.529 bits per heavy atom. The van der Waals surface area contributed by atoms with Crippen molar-refractivity contribution < 1.29 is 98.2 Å². The molecule has 24 heteroatoms. The molecule has 494 valence electrons. The molecule has 0 aliphatic carbocycles. The van der Waals surface area contributed by atoms with Crippen molar-refractivity contribution >= 4 is 28.1 Å². The van der Waals surface area contributed by atoms with Crippen LogP contribution < -0.4 is 11.5 Å². The fourth-order valence-corrected chi connectivity index (χ4v) is 8.97. The van der Waals surface area contributed by atoms with Gasteiger partial charge >= 0.3 is 16.4 Å². The Morgan fingerprint density at radius 2 is 1.01 bits per heavy atom. The van der Waals surface area contributed by atoms with E-state index in [1.165, 1.54) is 50.3 Å². The maximum atomic E-state index is 13.1. The lowest BCUT2D eigenvalue weighted by atomic mass is 9.88. The number of unbranched alkanes of at least 4 members (excludes halogenated alkanes) is 1. The summed E-state index contributed by atoms with van der Waals surface area (Å²) >= 11 is 0. The Hall–Kier alpha value is -5.36. The van der Waals surface area contributed by atoms with Crippen molar-refractivity contribution in [2.24, 2.45) is 34.2 Å². The molecule has 0 radical (unpaired) electrons. The van der Waals surface area contributed by atoms with Crippen LogP contribution in [0.4, 0.5) is 0 Å². The predicted molar refractivity (Wildman–Crippen MR) is 334 cm³/mol. The second-order valence-corrected chi connectivity index (χ2v) is 22.7. The molecule has 0 aliphatic rings. The van der Waals surface area contributed by atoms with E-state index in [2.05, 4.69) is 4.99 Å². The first-order valence-electron chi connectivity index (χ1n) is 29.3. The van der Waals surface area contributed by atoms with Crippen LogP contribution in [0.3, 0.4) is 0 Å². The Kier molecular flexibility index (Phi) is 44.7. The first-order chi connectivity index (χ1) is 40.9. The van der Waals surface area contributed by atoms with E-state index in [0.717, 1.165) is 12.8 Å². The van der Waals surface area contributed by atoms with Gasteiger partial charge in [-0.3, -0.25) is 14.3 Å². The van der Waals surface area contributed by atoms with Crippen molar-refractivity contribution in [1.82, 2.24) is 0 Å². The van der Waals surface area contributed by atoms with Gasteiger partial charge in [0.05, 0.1) is 79.4 Å². The summed E-state index contributed by atoms with van der Waals surface area (Å²) in [6, 6.07) is 0. The normalized spacial score (nSPS) is 19.4. The topological polar surface area (TPSA) is 445 Å². The molecule has 0 bridgehead atoms. The lowest BCUT2D eigenvalue weighted by molar-refractivity contribution is -0.132. The number of Topliss-reactive ketones (excluding diaryl/α,β-unsaturated/α-hetero) is 1. The van der Waals surface area contributed by atoms with E-state index in [1.807, 2.05) is 31.2 Å². The third-order valence-electron chi connectivity index (χ3n) is 13.6. The molecule has 0 spiro atoms. The van der Waals surface area contributed by atoms with Crippen LogP contribution in [-0.2, 0) is 24.2 Å². The SMILES string of the molecule is CC(=CC=CC=CCCC=CC(C)C(O)C(C)C(O)C=CC=CC=CC=CC=CC=CCC(OS(=O)(=O)O)C(C)C(=O)CC(O)CC(O)C=CCC(O)CC(O)CC(O)C=CCC(O)CC(O)CC(O)C(O)C(O)CC(O)CCCN=C(N)N)C(=O)O. The number of allylic oxidation sites excluding steroid dienone is 16. The van der Waals surface area contributed by atoms with Crippen LogP contribution in [0.25, 0.3) is 0 Å². The number of guanidine groups is 1. The average Bonchev–Trinajstić information content (AvgIpc) is 3.64. The fourth-order valence-electron chi connectivity index (χ4n) is 8.42. The minimum Gasteiger partial charge on any atom is -0.478 e. The molecule has 0 saturated carbocycles. The first-order valence-corrected chi connectivity index (χ1v) is 30.6. The van der Waals surface area contributed by atoms with E-state index < -0.39 is 126 Å². The summed E-state index contributed by atoms with van der Waals surface area (Å²) in [5.74, 6) is -3.40. The maximum Gasteiger partial charge on any atom is 0.397 e. The van der Waals surface area contributed by atoms with Crippen LogP contribution >= 0.6 is 0 Å². The number of hydrogen-bond acceptors (Lipinski definition) is 19. The molecule has 87 heavy (non-hydrogen) atoms. The number of nitrogens with zero attached hydrogens (tertiary/aromatic N) is 1. The number of ketones is 1. The van der Waals surface area contributed by atoms with E-state index in [-0.39, 0.29) is 88.2 Å². The molecule has 0 amide bonds. The van der Waals surface area contributed by atoms with E-state index in [4.69, 9.17) is 20.8 Å². The maximum absolute atomic E-state index is 13.1. The Balaban J connectivity index is 4.83. The van der Waals surface area contributed by atoms with Gasteiger partial charge in [-0.1, -0.05) is 161 Å². The first kappa shape index (κ1) is 81.6. The summed E-state index contributed by atoms with van der Waals surface area (Å²) in [6.07, 6.45) is 21.0. The van der Waals surface area contributed by atoms with E-state index in [9.17, 15) is 88.9 Å². The summed E-state index contributed by atoms with van der Waals surface area (Å²) in [4.78, 5) is 27.6. The largest absolute Gasteiger partial charge is 0.478 e. The molecule has 19 N–H and O–H groups in total. The van der Waals surface area contributed by atoms with Crippen LogP contribution in [0, 0.1) is 17.8 Å². The fraction of sp³-hybridized carbons (Fsp3) is 0.571. The molecule has 0 rings (SSSR count). The van der Waals surface area contributed by atoms with Gasteiger partial charge in [0.2, 0.25) is 0 Å². The van der Waals surface area contributed by atoms with Gasteiger partial charge in [-0.25, -0.2) is 8.98 Å². The molecule has 0 saturated heterocycles. The van der Waals surface area contributed by atoms with Crippen molar-refractivity contribution in [3.63, 3.8) is 0 Å². The third-order valence-corrected chi connectivity index (χ3v) is 14.1. The second-order valence-electron chi connectivity index (χ2n) is 21.7. The lowest BCUT2D eigenvalue weighted by Crippen LogP contribution is -2.41. The highest BCUT2D eigenvalue weighted by Crippen LogP contribution is 2.22. The van der Waals surface area contributed by atoms with Crippen LogP contribution in [-0.4, -0.2) is 194 Å². The van der Waals surface area contributed by atoms with Crippen molar-refractivity contribution in [1.29, 1.82) is 0 Å². The number of aliphatic imine (C=N–C) groups is 1. The zero-order valence-corrected chi connectivity index (χ0v) is 51.3. The van der Waals surface area contributed by atoms with Gasteiger partial charge in [-0.2, -0.15) is 8.42 Å². The predicted octanol–water partition coefficient (Wildman–Crippen LogP) is 3.23.